The van der Waals surface area contributed by atoms with E-state index < -0.39 is 5.92 Å². The van der Waals surface area contributed by atoms with Gasteiger partial charge in [0.15, 0.2) is 23.1 Å². The number of carbonyl (C=O) groups excluding carboxylic acids is 2. The number of ether oxygens (including phenoxy) is 3. The number of Topliss-reactive ketones (excluding diaryl/α,β-unsaturated/α-hetero) is 2. The van der Waals surface area contributed by atoms with Crippen molar-refractivity contribution >= 4 is 27.5 Å². The van der Waals surface area contributed by atoms with E-state index in [1.54, 1.807) is 7.11 Å². The van der Waals surface area contributed by atoms with Crippen LogP contribution in [-0.2, 0) is 22.8 Å². The number of halogens is 1. The molecule has 7 heteroatoms. The number of rotatable bonds is 8. The van der Waals surface area contributed by atoms with Gasteiger partial charge in [0, 0.05) is 51.3 Å². The van der Waals surface area contributed by atoms with Gasteiger partial charge in [-0.2, -0.15) is 0 Å². The zero-order chi connectivity index (χ0) is 31.9. The maximum absolute atomic E-state index is 13.8. The van der Waals surface area contributed by atoms with E-state index in [2.05, 4.69) is 48.9 Å². The summed E-state index contributed by atoms with van der Waals surface area (Å²) in [5.41, 5.74) is 5.75. The van der Waals surface area contributed by atoms with Crippen molar-refractivity contribution in [3.05, 3.63) is 110 Å². The minimum atomic E-state index is -0.487. The quantitative estimate of drug-likeness (QED) is 0.259. The maximum atomic E-state index is 13.8. The number of hydrogen-bond acceptors (Lipinski definition) is 6. The predicted octanol–water partition coefficient (Wildman–Crippen LogP) is 8.59. The van der Waals surface area contributed by atoms with Gasteiger partial charge in [-0.25, -0.2) is 0 Å². The molecule has 0 amide bonds. The number of allylic oxidation sites excluding steroid dienone is 4. The molecular weight excluding hydrogens is 630 g/mol. The molecule has 1 heterocycles. The van der Waals surface area contributed by atoms with Gasteiger partial charge in [0.25, 0.3) is 0 Å². The highest BCUT2D eigenvalue weighted by molar-refractivity contribution is 9.10. The van der Waals surface area contributed by atoms with Crippen LogP contribution in [0.4, 0.5) is 0 Å². The summed E-state index contributed by atoms with van der Waals surface area (Å²) < 4.78 is 19.1. The van der Waals surface area contributed by atoms with Crippen LogP contribution in [0.5, 0.6) is 17.2 Å². The van der Waals surface area contributed by atoms with Crippen LogP contribution in [-0.4, -0.2) is 18.7 Å². The van der Waals surface area contributed by atoms with Crippen LogP contribution in [0.3, 0.4) is 0 Å². The number of nitrogens with one attached hydrogen (secondary N) is 1. The molecule has 45 heavy (non-hydrogen) atoms. The van der Waals surface area contributed by atoms with E-state index >= 15 is 0 Å². The lowest BCUT2D eigenvalue weighted by molar-refractivity contribution is -0.119. The Morgan fingerprint density at radius 3 is 1.91 bits per heavy atom. The zero-order valence-corrected chi connectivity index (χ0v) is 28.2. The molecule has 2 aliphatic carbocycles. The third-order valence-electron chi connectivity index (χ3n) is 8.86. The van der Waals surface area contributed by atoms with E-state index in [0.717, 1.165) is 45.4 Å². The molecule has 1 aliphatic heterocycles. The molecule has 3 aliphatic rings. The fourth-order valence-corrected chi connectivity index (χ4v) is 7.27. The topological polar surface area (TPSA) is 73.9 Å². The zero-order valence-electron chi connectivity index (χ0n) is 26.6. The second-order valence-electron chi connectivity index (χ2n) is 14.0. The normalized spacial score (nSPS) is 19.1. The summed E-state index contributed by atoms with van der Waals surface area (Å²) in [7, 11) is 1.63. The summed E-state index contributed by atoms with van der Waals surface area (Å²) in [6, 6.07) is 21.6. The van der Waals surface area contributed by atoms with Crippen LogP contribution < -0.4 is 19.5 Å². The molecule has 1 N–H and O–H groups in total. The van der Waals surface area contributed by atoms with Crippen LogP contribution in [0.2, 0.25) is 0 Å². The van der Waals surface area contributed by atoms with E-state index in [0.29, 0.717) is 47.8 Å². The van der Waals surface area contributed by atoms with Crippen molar-refractivity contribution in [2.75, 3.05) is 7.11 Å². The van der Waals surface area contributed by atoms with Gasteiger partial charge in [0.05, 0.1) is 7.11 Å². The highest BCUT2D eigenvalue weighted by Crippen LogP contribution is 2.52. The molecular formula is C38H40BrNO5. The van der Waals surface area contributed by atoms with Crippen LogP contribution >= 0.6 is 15.9 Å². The van der Waals surface area contributed by atoms with Gasteiger partial charge in [-0.1, -0.05) is 80.0 Å². The van der Waals surface area contributed by atoms with Gasteiger partial charge < -0.3 is 19.5 Å². The van der Waals surface area contributed by atoms with Crippen molar-refractivity contribution in [3.63, 3.8) is 0 Å². The Hall–Kier alpha value is -3.84. The average molecular weight is 671 g/mol. The lowest BCUT2D eigenvalue weighted by atomic mass is 9.64. The molecule has 6 nitrogen and oxygen atoms in total. The van der Waals surface area contributed by atoms with Crippen molar-refractivity contribution in [1.82, 2.24) is 5.32 Å². The van der Waals surface area contributed by atoms with Crippen LogP contribution in [0, 0.1) is 10.8 Å². The molecule has 0 radical (unpaired) electrons. The standard InChI is InChI=1S/C38H40BrNO5/c1-37(2)17-27-35(29(41)19-37)34(36-28(40-27)18-38(3,4)20-30(36)42)26-16-25(39)12-14-31(26)44-22-24-11-13-32(33(15-24)43-5)45-21-23-9-7-6-8-10-23/h6-16,34,40H,17-22H2,1-5H3. The molecule has 0 saturated heterocycles. The Bertz CT molecular complexity index is 1670. The first-order valence-electron chi connectivity index (χ1n) is 15.5. The van der Waals surface area contributed by atoms with E-state index in [-0.39, 0.29) is 29.0 Å². The third kappa shape index (κ3) is 6.60. The molecule has 0 bridgehead atoms. The van der Waals surface area contributed by atoms with E-state index in [1.165, 1.54) is 0 Å². The van der Waals surface area contributed by atoms with E-state index in [1.807, 2.05) is 66.7 Å². The lowest BCUT2D eigenvalue weighted by Crippen LogP contribution is -2.42. The molecule has 6 rings (SSSR count). The molecule has 0 aromatic heterocycles. The van der Waals surface area contributed by atoms with Crippen molar-refractivity contribution in [3.8, 4) is 17.2 Å². The lowest BCUT2D eigenvalue weighted by Gasteiger charge is -2.44. The Balaban J connectivity index is 1.33. The van der Waals surface area contributed by atoms with Gasteiger partial charge in [0.1, 0.15) is 19.0 Å². The van der Waals surface area contributed by atoms with E-state index in [4.69, 9.17) is 14.2 Å². The molecule has 234 valence electrons. The van der Waals surface area contributed by atoms with Crippen LogP contribution in [0.1, 0.15) is 76.0 Å². The maximum Gasteiger partial charge on any atom is 0.162 e. The molecule has 0 spiro atoms. The number of hydrogen-bond donors (Lipinski definition) is 1. The van der Waals surface area contributed by atoms with Gasteiger partial charge in [-0.15, -0.1) is 0 Å². The highest BCUT2D eigenvalue weighted by atomic mass is 79.9. The molecule has 3 aromatic rings. The van der Waals surface area contributed by atoms with Gasteiger partial charge in [-0.3, -0.25) is 9.59 Å². The van der Waals surface area contributed by atoms with E-state index in [9.17, 15) is 9.59 Å². The number of methoxy groups -OCH3 is 1. The summed E-state index contributed by atoms with van der Waals surface area (Å²) >= 11 is 3.66. The monoisotopic (exact) mass is 669 g/mol. The molecule has 0 atom stereocenters. The summed E-state index contributed by atoms with van der Waals surface area (Å²) in [6.45, 7) is 9.23. The first-order valence-corrected chi connectivity index (χ1v) is 16.3. The predicted molar refractivity (Wildman–Crippen MR) is 178 cm³/mol. The van der Waals surface area contributed by atoms with Crippen LogP contribution in [0.25, 0.3) is 0 Å². The largest absolute Gasteiger partial charge is 0.493 e. The molecule has 0 fully saturated rings. The number of ketones is 2. The van der Waals surface area contributed by atoms with Gasteiger partial charge in [0.2, 0.25) is 0 Å². The van der Waals surface area contributed by atoms with Gasteiger partial charge >= 0.3 is 0 Å². The molecule has 0 unspecified atom stereocenters. The second kappa shape index (κ2) is 12.2. The van der Waals surface area contributed by atoms with Crippen molar-refractivity contribution in [1.29, 1.82) is 0 Å². The second-order valence-corrected chi connectivity index (χ2v) is 14.9. The number of benzene rings is 3. The summed E-state index contributed by atoms with van der Waals surface area (Å²) in [5, 5.41) is 3.60. The fourth-order valence-electron chi connectivity index (χ4n) is 6.89. The minimum absolute atomic E-state index is 0.0877. The minimum Gasteiger partial charge on any atom is -0.493 e. The Labute approximate surface area is 274 Å². The molecule has 0 saturated carbocycles. The SMILES string of the molecule is COc1cc(COc2ccc(Br)cc2C2C3=C(CC(C)(C)CC3=O)NC3=C2C(=O)CC(C)(C)C3)ccc1OCc1ccccc1. The highest BCUT2D eigenvalue weighted by Gasteiger charge is 2.47. The summed E-state index contributed by atoms with van der Waals surface area (Å²) in [6.07, 6.45) is 2.38. The van der Waals surface area contributed by atoms with Crippen molar-refractivity contribution < 1.29 is 23.8 Å². The summed E-state index contributed by atoms with van der Waals surface area (Å²) in [5.74, 6) is 1.61. The Morgan fingerprint density at radius 2 is 1.29 bits per heavy atom. The molecule has 3 aromatic carbocycles. The fraction of sp³-hybridized carbons (Fsp3) is 0.368. The van der Waals surface area contributed by atoms with Crippen molar-refractivity contribution in [2.45, 2.75) is 72.5 Å². The van der Waals surface area contributed by atoms with Crippen molar-refractivity contribution in [2.24, 2.45) is 10.8 Å². The first kappa shape index (κ1) is 31.2. The summed E-state index contributed by atoms with van der Waals surface area (Å²) in [4.78, 5) is 27.7. The smallest absolute Gasteiger partial charge is 0.162 e. The van der Waals surface area contributed by atoms with Gasteiger partial charge in [-0.05, 0) is 65.1 Å². The van der Waals surface area contributed by atoms with Crippen LogP contribution in [0.15, 0.2) is 93.7 Å². The average Bonchev–Trinajstić information content (AvgIpc) is 2.97. The first-order chi connectivity index (χ1) is 21.4. The number of carbonyl (C=O) groups is 2. The Morgan fingerprint density at radius 1 is 0.711 bits per heavy atom. The Kier molecular flexibility index (Phi) is 8.42. The third-order valence-corrected chi connectivity index (χ3v) is 9.35. The number of dihydropyridines is 1.